The SMILES string of the molecule is CO[C@@H]1[C@H](OC(=O)N2CCS(=O)(=O)CC2)CC[C@]2(CO2)[C@H]1[C@@]1(C)O[C@@H]1CC=C(C)C. The van der Waals surface area contributed by atoms with Crippen LogP contribution in [0.25, 0.3) is 0 Å². The Hall–Kier alpha value is -1.16. The minimum atomic E-state index is -3.05. The molecule has 3 aliphatic heterocycles. The van der Waals surface area contributed by atoms with Crippen molar-refractivity contribution in [2.45, 2.75) is 69.5 Å². The lowest BCUT2D eigenvalue weighted by Gasteiger charge is -2.43. The Balaban J connectivity index is 1.46. The molecule has 170 valence electrons. The zero-order valence-corrected chi connectivity index (χ0v) is 19.1. The average molecular weight is 444 g/mol. The molecule has 0 aromatic rings. The van der Waals surface area contributed by atoms with Crippen LogP contribution in [0.3, 0.4) is 0 Å². The molecule has 0 unspecified atom stereocenters. The van der Waals surface area contributed by atoms with Crippen molar-refractivity contribution in [1.29, 1.82) is 0 Å². The standard InChI is InChI=1S/C21H33NO7S/c1-14(2)5-6-16-20(3,29-16)18-17(26-4)15(7-8-21(18)13-27-21)28-19(23)22-9-11-30(24,25)12-10-22/h5,15-18H,6-13H2,1-4H3/t15-,16-,17-,18-,20+,21+/m1/s1. The average Bonchev–Trinajstić information content (AvgIpc) is 3.59. The van der Waals surface area contributed by atoms with E-state index < -0.39 is 22.0 Å². The second kappa shape index (κ2) is 7.76. The first-order valence-electron chi connectivity index (χ1n) is 10.7. The lowest BCUT2D eigenvalue weighted by atomic mass is 9.68. The van der Waals surface area contributed by atoms with Crippen LogP contribution in [0.2, 0.25) is 0 Å². The minimum absolute atomic E-state index is 0.0159. The van der Waals surface area contributed by atoms with E-state index in [0.29, 0.717) is 13.0 Å². The molecule has 4 fully saturated rings. The minimum Gasteiger partial charge on any atom is -0.443 e. The third kappa shape index (κ3) is 4.13. The van der Waals surface area contributed by atoms with E-state index in [4.69, 9.17) is 18.9 Å². The van der Waals surface area contributed by atoms with Crippen LogP contribution in [0, 0.1) is 5.92 Å². The summed E-state index contributed by atoms with van der Waals surface area (Å²) in [5.74, 6) is -0.0606. The van der Waals surface area contributed by atoms with Gasteiger partial charge in [0.1, 0.15) is 23.4 Å². The number of sulfone groups is 1. The van der Waals surface area contributed by atoms with Crippen LogP contribution in [0.4, 0.5) is 4.79 Å². The van der Waals surface area contributed by atoms with Gasteiger partial charge in [-0.1, -0.05) is 11.6 Å². The number of rotatable bonds is 5. The third-order valence-electron chi connectivity index (χ3n) is 7.09. The number of ether oxygens (including phenoxy) is 4. The van der Waals surface area contributed by atoms with Crippen molar-refractivity contribution in [2.75, 3.05) is 38.3 Å². The molecule has 9 heteroatoms. The summed E-state index contributed by atoms with van der Waals surface area (Å²) >= 11 is 0. The number of nitrogens with zero attached hydrogens (tertiary/aromatic N) is 1. The van der Waals surface area contributed by atoms with E-state index in [1.807, 2.05) is 0 Å². The summed E-state index contributed by atoms with van der Waals surface area (Å²) in [5, 5.41) is 0. The molecule has 1 aliphatic carbocycles. The van der Waals surface area contributed by atoms with Gasteiger partial charge in [0.05, 0.1) is 30.1 Å². The maximum absolute atomic E-state index is 12.7. The highest BCUT2D eigenvalue weighted by molar-refractivity contribution is 7.91. The normalized spacial score (nSPS) is 41.9. The number of amides is 1. The van der Waals surface area contributed by atoms with Gasteiger partial charge >= 0.3 is 6.09 Å². The number of carbonyl (C=O) groups is 1. The van der Waals surface area contributed by atoms with Gasteiger partial charge in [-0.25, -0.2) is 13.2 Å². The predicted molar refractivity (Wildman–Crippen MR) is 110 cm³/mol. The molecule has 4 aliphatic rings. The zero-order valence-electron chi connectivity index (χ0n) is 18.3. The fourth-order valence-corrected chi connectivity index (χ4v) is 6.37. The fraction of sp³-hybridized carbons (Fsp3) is 0.857. The van der Waals surface area contributed by atoms with Gasteiger partial charge in [-0.3, -0.25) is 0 Å². The molecule has 0 N–H and O–H groups in total. The highest BCUT2D eigenvalue weighted by Crippen LogP contribution is 2.59. The van der Waals surface area contributed by atoms with Crippen molar-refractivity contribution >= 4 is 15.9 Å². The summed E-state index contributed by atoms with van der Waals surface area (Å²) in [5.41, 5.74) is 0.609. The molecule has 0 aromatic heterocycles. The van der Waals surface area contributed by atoms with E-state index in [2.05, 4.69) is 26.8 Å². The Morgan fingerprint density at radius 1 is 1.27 bits per heavy atom. The molecule has 8 nitrogen and oxygen atoms in total. The van der Waals surface area contributed by atoms with Gasteiger partial charge in [0.25, 0.3) is 0 Å². The van der Waals surface area contributed by atoms with Gasteiger partial charge < -0.3 is 23.8 Å². The smallest absolute Gasteiger partial charge is 0.410 e. The zero-order chi connectivity index (χ0) is 21.7. The maximum Gasteiger partial charge on any atom is 0.410 e. The summed E-state index contributed by atoms with van der Waals surface area (Å²) in [7, 11) is -1.41. The van der Waals surface area contributed by atoms with Crippen LogP contribution >= 0.6 is 0 Å². The summed E-state index contributed by atoms with van der Waals surface area (Å²) < 4.78 is 47.1. The molecular weight excluding hydrogens is 410 g/mol. The predicted octanol–water partition coefficient (Wildman–Crippen LogP) is 1.93. The third-order valence-corrected chi connectivity index (χ3v) is 8.70. The molecule has 0 aromatic carbocycles. The number of hydrogen-bond donors (Lipinski definition) is 0. The Morgan fingerprint density at radius 2 is 1.93 bits per heavy atom. The number of epoxide rings is 2. The van der Waals surface area contributed by atoms with Crippen molar-refractivity contribution in [3.63, 3.8) is 0 Å². The molecule has 1 spiro atoms. The fourth-order valence-electron chi connectivity index (χ4n) is 5.17. The molecule has 1 amide bonds. The van der Waals surface area contributed by atoms with Crippen LogP contribution in [-0.4, -0.2) is 87.2 Å². The molecule has 0 radical (unpaired) electrons. The Kier molecular flexibility index (Phi) is 5.70. The van der Waals surface area contributed by atoms with Crippen LogP contribution < -0.4 is 0 Å². The van der Waals surface area contributed by atoms with Gasteiger partial charge in [-0.2, -0.15) is 0 Å². The summed E-state index contributed by atoms with van der Waals surface area (Å²) in [6.07, 6.45) is 3.35. The lowest BCUT2D eigenvalue weighted by molar-refractivity contribution is -0.121. The molecule has 3 saturated heterocycles. The molecule has 4 rings (SSSR count). The molecule has 0 bridgehead atoms. The molecule has 6 atom stereocenters. The second-order valence-electron chi connectivity index (χ2n) is 9.44. The Bertz CT molecular complexity index is 803. The van der Waals surface area contributed by atoms with Gasteiger partial charge in [-0.05, 0) is 40.0 Å². The van der Waals surface area contributed by atoms with Crippen LogP contribution in [-0.2, 0) is 28.8 Å². The number of methoxy groups -OCH3 is 1. The lowest BCUT2D eigenvalue weighted by Crippen LogP contribution is -2.56. The first kappa shape index (κ1) is 22.0. The van der Waals surface area contributed by atoms with E-state index in [-0.39, 0.29) is 53.9 Å². The number of allylic oxidation sites excluding steroid dienone is 1. The van der Waals surface area contributed by atoms with E-state index in [1.165, 1.54) is 10.5 Å². The van der Waals surface area contributed by atoms with E-state index in [9.17, 15) is 13.2 Å². The first-order chi connectivity index (χ1) is 14.1. The van der Waals surface area contributed by atoms with Crippen LogP contribution in [0.15, 0.2) is 11.6 Å². The van der Waals surface area contributed by atoms with Gasteiger partial charge in [0.2, 0.25) is 0 Å². The van der Waals surface area contributed by atoms with Crippen LogP contribution in [0.5, 0.6) is 0 Å². The quantitative estimate of drug-likeness (QED) is 0.473. The first-order valence-corrected chi connectivity index (χ1v) is 12.6. The Morgan fingerprint density at radius 3 is 2.50 bits per heavy atom. The summed E-state index contributed by atoms with van der Waals surface area (Å²) in [6.45, 7) is 7.28. The van der Waals surface area contributed by atoms with Crippen molar-refractivity contribution in [1.82, 2.24) is 4.90 Å². The number of hydrogen-bond acceptors (Lipinski definition) is 7. The van der Waals surface area contributed by atoms with Crippen molar-refractivity contribution < 1.29 is 32.2 Å². The maximum atomic E-state index is 12.7. The largest absolute Gasteiger partial charge is 0.443 e. The highest BCUT2D eigenvalue weighted by Gasteiger charge is 2.72. The molecule has 30 heavy (non-hydrogen) atoms. The monoisotopic (exact) mass is 443 g/mol. The van der Waals surface area contributed by atoms with Crippen molar-refractivity contribution in [3.8, 4) is 0 Å². The van der Waals surface area contributed by atoms with Crippen molar-refractivity contribution in [3.05, 3.63) is 11.6 Å². The van der Waals surface area contributed by atoms with Crippen LogP contribution in [0.1, 0.15) is 40.0 Å². The van der Waals surface area contributed by atoms with Gasteiger partial charge in [0.15, 0.2) is 9.84 Å². The van der Waals surface area contributed by atoms with E-state index >= 15 is 0 Å². The number of carbonyl (C=O) groups excluding carboxylic acids is 1. The highest BCUT2D eigenvalue weighted by atomic mass is 32.2. The summed E-state index contributed by atoms with van der Waals surface area (Å²) in [4.78, 5) is 14.2. The van der Waals surface area contributed by atoms with E-state index in [0.717, 1.165) is 12.8 Å². The van der Waals surface area contributed by atoms with Gasteiger partial charge in [-0.15, -0.1) is 0 Å². The molecular formula is C21H33NO7S. The topological polar surface area (TPSA) is 98.0 Å². The molecule has 1 saturated carbocycles. The second-order valence-corrected chi connectivity index (χ2v) is 11.7. The Labute approximate surface area is 178 Å². The summed E-state index contributed by atoms with van der Waals surface area (Å²) in [6, 6.07) is 0. The van der Waals surface area contributed by atoms with E-state index in [1.54, 1.807) is 7.11 Å². The van der Waals surface area contributed by atoms with Crippen molar-refractivity contribution in [2.24, 2.45) is 5.92 Å². The van der Waals surface area contributed by atoms with Gasteiger partial charge in [0, 0.05) is 20.2 Å². The molecule has 3 heterocycles.